The molecule has 1 aromatic carbocycles. The highest BCUT2D eigenvalue weighted by Gasteiger charge is 2.59. The van der Waals surface area contributed by atoms with Gasteiger partial charge in [0.25, 0.3) is 5.95 Å². The molecular formula is C20H23FN2O5. The lowest BCUT2D eigenvalue weighted by molar-refractivity contribution is -0.0876. The number of para-hydroxylation sites is 1. The summed E-state index contributed by atoms with van der Waals surface area (Å²) in [6.45, 7) is 0.776. The van der Waals surface area contributed by atoms with E-state index in [1.165, 1.54) is 6.07 Å². The van der Waals surface area contributed by atoms with E-state index in [9.17, 15) is 24.8 Å². The summed E-state index contributed by atoms with van der Waals surface area (Å²) in [7, 11) is 0. The number of hydrogen-bond donors (Lipinski definition) is 4. The van der Waals surface area contributed by atoms with Crippen LogP contribution in [0.1, 0.15) is 18.2 Å². The number of likely N-dealkylation sites (tertiary alicyclic amines) is 1. The summed E-state index contributed by atoms with van der Waals surface area (Å²) < 4.78 is 19.2. The molecule has 2 fully saturated rings. The second-order valence-corrected chi connectivity index (χ2v) is 7.59. The van der Waals surface area contributed by atoms with Crippen LogP contribution in [0.2, 0.25) is 0 Å². The molecule has 150 valence electrons. The zero-order valence-electron chi connectivity index (χ0n) is 15.1. The summed E-state index contributed by atoms with van der Waals surface area (Å²) in [6, 6.07) is 11.7. The minimum Gasteiger partial charge on any atom is -0.504 e. The highest BCUT2D eigenvalue weighted by Crippen LogP contribution is 2.43. The Morgan fingerprint density at radius 2 is 2.00 bits per heavy atom. The Morgan fingerprint density at radius 3 is 2.68 bits per heavy atom. The van der Waals surface area contributed by atoms with Crippen molar-refractivity contribution in [3.63, 3.8) is 0 Å². The van der Waals surface area contributed by atoms with Crippen LogP contribution in [0.4, 0.5) is 4.39 Å². The molecule has 1 aliphatic carbocycles. The molecule has 8 heteroatoms. The number of aromatic hydroxyl groups is 1. The van der Waals surface area contributed by atoms with Gasteiger partial charge in [-0.25, -0.2) is 4.98 Å². The van der Waals surface area contributed by atoms with Crippen LogP contribution in [-0.4, -0.2) is 67.8 Å². The molecule has 2 heterocycles. The topological polar surface area (TPSA) is 106 Å². The van der Waals surface area contributed by atoms with Gasteiger partial charge in [-0.05, 0) is 30.7 Å². The lowest BCUT2D eigenvalue weighted by Crippen LogP contribution is -2.49. The third-order valence-electron chi connectivity index (χ3n) is 5.70. The van der Waals surface area contributed by atoms with E-state index in [0.717, 1.165) is 6.07 Å². The number of halogens is 1. The first kappa shape index (κ1) is 19.1. The molecule has 1 saturated carbocycles. The van der Waals surface area contributed by atoms with Crippen molar-refractivity contribution in [2.75, 3.05) is 19.6 Å². The van der Waals surface area contributed by atoms with Gasteiger partial charge in [0.05, 0.1) is 5.69 Å². The lowest BCUT2D eigenvalue weighted by atomic mass is 9.93. The number of β-amino-alcohol motifs (C(OH)–C–C–N with tert-alkyl or cyclic N) is 2. The highest BCUT2D eigenvalue weighted by molar-refractivity contribution is 5.23. The average molecular weight is 390 g/mol. The van der Waals surface area contributed by atoms with Crippen LogP contribution < -0.4 is 4.74 Å². The first-order valence-electron chi connectivity index (χ1n) is 9.25. The van der Waals surface area contributed by atoms with Gasteiger partial charge in [-0.3, -0.25) is 4.90 Å². The van der Waals surface area contributed by atoms with Crippen molar-refractivity contribution in [1.29, 1.82) is 0 Å². The molecule has 7 nitrogen and oxygen atoms in total. The smallest absolute Gasteiger partial charge is 0.255 e. The van der Waals surface area contributed by atoms with Crippen LogP contribution in [0.5, 0.6) is 11.5 Å². The van der Waals surface area contributed by atoms with Crippen LogP contribution >= 0.6 is 0 Å². The van der Waals surface area contributed by atoms with Gasteiger partial charge >= 0.3 is 0 Å². The van der Waals surface area contributed by atoms with Crippen molar-refractivity contribution in [1.82, 2.24) is 9.88 Å². The fourth-order valence-electron chi connectivity index (χ4n) is 4.26. The fourth-order valence-corrected chi connectivity index (χ4v) is 4.26. The Bertz CT molecular complexity index is 839. The van der Waals surface area contributed by atoms with Crippen molar-refractivity contribution in [3.8, 4) is 11.5 Å². The summed E-state index contributed by atoms with van der Waals surface area (Å²) in [6.07, 6.45) is -2.14. The van der Waals surface area contributed by atoms with Gasteiger partial charge in [0, 0.05) is 25.6 Å². The molecule has 1 aromatic heterocycles. The Labute approximate surface area is 161 Å². The molecule has 4 N–H and O–H groups in total. The molecular weight excluding hydrogens is 367 g/mol. The van der Waals surface area contributed by atoms with E-state index in [-0.39, 0.29) is 24.7 Å². The monoisotopic (exact) mass is 390 g/mol. The third kappa shape index (κ3) is 3.44. The number of ether oxygens (including phenoxy) is 1. The maximum Gasteiger partial charge on any atom is 0.255 e. The fraction of sp³-hybridized carbons (Fsp3) is 0.450. The summed E-state index contributed by atoms with van der Waals surface area (Å²) in [5.41, 5.74) is -1.22. The molecule has 0 spiro atoms. The van der Waals surface area contributed by atoms with Gasteiger partial charge in [-0.1, -0.05) is 18.2 Å². The second-order valence-electron chi connectivity index (χ2n) is 7.59. The highest BCUT2D eigenvalue weighted by atomic mass is 19.1. The molecule has 1 saturated heterocycles. The predicted octanol–water partition coefficient (Wildman–Crippen LogP) is 0.835. The summed E-state index contributed by atoms with van der Waals surface area (Å²) in [5, 5.41) is 41.2. The Balaban J connectivity index is 1.39. The van der Waals surface area contributed by atoms with E-state index in [1.54, 1.807) is 12.1 Å². The molecule has 0 amide bonds. The summed E-state index contributed by atoms with van der Waals surface area (Å²) in [4.78, 5) is 5.38. The minimum absolute atomic E-state index is 0.102. The minimum atomic E-state index is -1.33. The zero-order valence-corrected chi connectivity index (χ0v) is 15.1. The number of aromatic nitrogens is 1. The summed E-state index contributed by atoms with van der Waals surface area (Å²) in [5.74, 6) is -1.17. The molecule has 0 radical (unpaired) electrons. The van der Waals surface area contributed by atoms with Crippen molar-refractivity contribution in [2.45, 2.75) is 30.3 Å². The van der Waals surface area contributed by atoms with E-state index >= 15 is 0 Å². The number of rotatable bonds is 5. The van der Waals surface area contributed by atoms with Crippen molar-refractivity contribution in [3.05, 3.63) is 54.1 Å². The van der Waals surface area contributed by atoms with Crippen LogP contribution in [0, 0.1) is 11.9 Å². The van der Waals surface area contributed by atoms with Gasteiger partial charge in [0.1, 0.15) is 29.7 Å². The lowest BCUT2D eigenvalue weighted by Gasteiger charge is -2.29. The number of aliphatic hydroxyl groups excluding tert-OH is 2. The van der Waals surface area contributed by atoms with E-state index in [2.05, 4.69) is 4.98 Å². The van der Waals surface area contributed by atoms with Crippen LogP contribution in [-0.2, 0) is 0 Å². The Morgan fingerprint density at radius 1 is 1.25 bits per heavy atom. The molecule has 1 aliphatic heterocycles. The van der Waals surface area contributed by atoms with Crippen LogP contribution in [0.15, 0.2) is 42.5 Å². The molecule has 4 rings (SSSR count). The predicted molar refractivity (Wildman–Crippen MR) is 97.2 cm³/mol. The van der Waals surface area contributed by atoms with Gasteiger partial charge in [-0.2, -0.15) is 4.39 Å². The van der Waals surface area contributed by atoms with Crippen LogP contribution in [0.3, 0.4) is 0 Å². The van der Waals surface area contributed by atoms with Gasteiger partial charge in [0.15, 0.2) is 5.75 Å². The van der Waals surface area contributed by atoms with Gasteiger partial charge < -0.3 is 25.2 Å². The molecule has 2 aliphatic rings. The first-order valence-corrected chi connectivity index (χ1v) is 9.25. The van der Waals surface area contributed by atoms with Crippen molar-refractivity contribution in [2.24, 2.45) is 5.92 Å². The number of aliphatic hydroxyl groups is 3. The number of fused-ring (bicyclic) bond motifs is 1. The van der Waals surface area contributed by atoms with Crippen molar-refractivity contribution >= 4 is 0 Å². The third-order valence-corrected chi connectivity index (χ3v) is 5.70. The van der Waals surface area contributed by atoms with E-state index < -0.39 is 35.6 Å². The standard InChI is InChI=1S/C20H23FN2O5/c21-19-15(24)7-6-14(22-19)16(25)10-23-9-12-8-17(18(26)20(12,27)11-23)28-13-4-2-1-3-5-13/h1-7,12,16-18,24-27H,8-11H2/t12-,16?,17+,18+,20-/m0/s1. The Hall–Kier alpha value is -2.26. The maximum atomic E-state index is 13.4. The summed E-state index contributed by atoms with van der Waals surface area (Å²) >= 11 is 0. The first-order chi connectivity index (χ1) is 13.4. The number of benzene rings is 1. The van der Waals surface area contributed by atoms with E-state index in [1.807, 2.05) is 23.1 Å². The van der Waals surface area contributed by atoms with E-state index in [0.29, 0.717) is 18.7 Å². The largest absolute Gasteiger partial charge is 0.504 e. The van der Waals surface area contributed by atoms with Crippen molar-refractivity contribution < 1.29 is 29.6 Å². The SMILES string of the molecule is Oc1ccc(C(O)CN2C[C@@H]3C[C@@H](Oc4ccccc4)[C@@H](O)[C@]3(O)C2)nc1F. The number of hydrogen-bond acceptors (Lipinski definition) is 7. The number of pyridine rings is 1. The zero-order chi connectivity index (χ0) is 19.9. The molecule has 1 unspecified atom stereocenters. The molecule has 5 atom stereocenters. The molecule has 28 heavy (non-hydrogen) atoms. The molecule has 2 aromatic rings. The van der Waals surface area contributed by atoms with Crippen LogP contribution in [0.25, 0.3) is 0 Å². The molecule has 0 bridgehead atoms. The maximum absolute atomic E-state index is 13.4. The van der Waals surface area contributed by atoms with Gasteiger partial charge in [-0.15, -0.1) is 0 Å². The van der Waals surface area contributed by atoms with Gasteiger partial charge in [0.2, 0.25) is 0 Å². The quantitative estimate of drug-likeness (QED) is 0.561. The van der Waals surface area contributed by atoms with E-state index in [4.69, 9.17) is 4.74 Å². The number of nitrogens with zero attached hydrogens (tertiary/aromatic N) is 2. The normalized spacial score (nSPS) is 30.9. The average Bonchev–Trinajstić information content (AvgIpc) is 3.10. The Kier molecular flexibility index (Phi) is 4.96. The second kappa shape index (κ2) is 7.29.